The smallest absolute Gasteiger partial charge is 0.108 e. The average molecular weight is 487 g/mol. The second-order valence-electron chi connectivity index (χ2n) is 13.3. The highest BCUT2D eigenvalue weighted by Crippen LogP contribution is 2.78. The average Bonchev–Trinajstić information content (AvgIpc) is 2.82. The van der Waals surface area contributed by atoms with Crippen molar-refractivity contribution >= 4 is 0 Å². The van der Waals surface area contributed by atoms with E-state index in [-0.39, 0.29) is 33.2 Å². The summed E-state index contributed by atoms with van der Waals surface area (Å²) >= 11 is 0. The Morgan fingerprint density at radius 1 is 0.472 bits per heavy atom. The van der Waals surface area contributed by atoms with Crippen LogP contribution in [0.4, 0.5) is 0 Å². The maximum atomic E-state index is 6.62. The fraction of sp³-hybridized carbons (Fsp3) is 0.750. The highest BCUT2D eigenvalue weighted by molar-refractivity contribution is 5.28. The third kappa shape index (κ3) is 3.58. The summed E-state index contributed by atoms with van der Waals surface area (Å²) in [5.74, 6) is 12.3. The van der Waals surface area contributed by atoms with Crippen LogP contribution < -0.4 is 0 Å². The Morgan fingerprint density at radius 3 is 1.22 bits per heavy atom. The van der Waals surface area contributed by atoms with E-state index in [1.54, 1.807) is 0 Å². The standard InChI is InChI=1S/C32H38O4/c1-5-9-33-29-16-25-13-26(17-29)15-27(14-25,18-29)28-19-30(34-10-6-2)22-31(20-28,35-11-7-3)24-32(21-28,23-30)36-12-8-4/h1-4,25-26H,9-24H2. The summed E-state index contributed by atoms with van der Waals surface area (Å²) in [6, 6.07) is 0. The SMILES string of the molecule is C#CCOC12CC3CC(C1)CC(C14CC5(OCC#C)CC(OCC#C)(CC(OCC#C)(C5)C1)C4)(C3)C2. The summed E-state index contributed by atoms with van der Waals surface area (Å²) < 4.78 is 26.4. The van der Waals surface area contributed by atoms with Gasteiger partial charge in [-0.25, -0.2) is 0 Å². The predicted molar refractivity (Wildman–Crippen MR) is 137 cm³/mol. The van der Waals surface area contributed by atoms with Crippen LogP contribution in [0.25, 0.3) is 0 Å². The van der Waals surface area contributed by atoms with Gasteiger partial charge in [0.25, 0.3) is 0 Å². The lowest BCUT2D eigenvalue weighted by Gasteiger charge is -2.76. The molecule has 2 unspecified atom stereocenters. The van der Waals surface area contributed by atoms with Crippen LogP contribution in [0, 0.1) is 72.0 Å². The van der Waals surface area contributed by atoms with E-state index in [2.05, 4.69) is 23.7 Å². The first-order chi connectivity index (χ1) is 17.3. The van der Waals surface area contributed by atoms with E-state index in [1.807, 2.05) is 0 Å². The van der Waals surface area contributed by atoms with Crippen LogP contribution in [0.2, 0.25) is 0 Å². The van der Waals surface area contributed by atoms with Gasteiger partial charge < -0.3 is 18.9 Å². The molecule has 0 saturated heterocycles. The molecule has 0 N–H and O–H groups in total. The van der Waals surface area contributed by atoms with E-state index in [0.29, 0.717) is 38.3 Å². The predicted octanol–water partition coefficient (Wildman–Crippen LogP) is 4.51. The van der Waals surface area contributed by atoms with Crippen LogP contribution in [-0.2, 0) is 18.9 Å². The normalized spacial score (nSPS) is 49.2. The third-order valence-electron chi connectivity index (χ3n) is 10.9. The Morgan fingerprint density at radius 2 is 0.833 bits per heavy atom. The molecule has 0 aromatic carbocycles. The molecule has 36 heavy (non-hydrogen) atoms. The molecule has 8 aliphatic rings. The molecule has 2 atom stereocenters. The second-order valence-corrected chi connectivity index (χ2v) is 13.3. The number of ether oxygens (including phenoxy) is 4. The van der Waals surface area contributed by atoms with Crippen LogP contribution in [0.5, 0.6) is 0 Å². The van der Waals surface area contributed by atoms with Crippen LogP contribution in [-0.4, -0.2) is 48.8 Å². The van der Waals surface area contributed by atoms with E-state index in [0.717, 1.165) is 57.8 Å². The van der Waals surface area contributed by atoms with Crippen molar-refractivity contribution < 1.29 is 18.9 Å². The Bertz CT molecular complexity index is 970. The Balaban J connectivity index is 1.45. The monoisotopic (exact) mass is 486 g/mol. The van der Waals surface area contributed by atoms with Crippen molar-refractivity contribution in [3.63, 3.8) is 0 Å². The van der Waals surface area contributed by atoms with Gasteiger partial charge in [-0.15, -0.1) is 25.7 Å². The van der Waals surface area contributed by atoms with Crippen LogP contribution in [0.1, 0.15) is 77.0 Å². The molecule has 0 aromatic heterocycles. The molecule has 8 rings (SSSR count). The molecule has 8 bridgehead atoms. The maximum absolute atomic E-state index is 6.62. The first kappa shape index (κ1) is 24.4. The molecule has 0 aromatic rings. The molecule has 0 spiro atoms. The first-order valence-electron chi connectivity index (χ1n) is 13.6. The van der Waals surface area contributed by atoms with Gasteiger partial charge in [0, 0.05) is 19.3 Å². The molecule has 0 aliphatic heterocycles. The van der Waals surface area contributed by atoms with Gasteiger partial charge in [-0.3, -0.25) is 0 Å². The molecular formula is C32H38O4. The molecular weight excluding hydrogens is 448 g/mol. The van der Waals surface area contributed by atoms with Gasteiger partial charge in [0.15, 0.2) is 0 Å². The van der Waals surface area contributed by atoms with Crippen molar-refractivity contribution in [3.8, 4) is 49.4 Å². The molecule has 8 aliphatic carbocycles. The summed E-state index contributed by atoms with van der Waals surface area (Å²) in [5, 5.41) is 0. The number of hydrogen-bond donors (Lipinski definition) is 0. The summed E-state index contributed by atoms with van der Waals surface area (Å²) in [4.78, 5) is 0. The van der Waals surface area contributed by atoms with Crippen molar-refractivity contribution in [1.29, 1.82) is 0 Å². The number of rotatable bonds is 9. The lowest BCUT2D eigenvalue weighted by Crippen LogP contribution is -2.76. The Labute approximate surface area is 216 Å². The molecule has 8 saturated carbocycles. The minimum Gasteiger partial charge on any atom is -0.362 e. The minimum absolute atomic E-state index is 0.00204. The van der Waals surface area contributed by atoms with Crippen molar-refractivity contribution in [2.75, 3.05) is 26.4 Å². The minimum atomic E-state index is -0.388. The third-order valence-corrected chi connectivity index (χ3v) is 10.9. The summed E-state index contributed by atoms with van der Waals surface area (Å²) in [5.41, 5.74) is -1.12. The molecule has 8 fully saturated rings. The number of terminal acetylenes is 4. The molecule has 0 heterocycles. The molecule has 0 radical (unpaired) electrons. The van der Waals surface area contributed by atoms with Crippen molar-refractivity contribution in [3.05, 3.63) is 0 Å². The highest BCUT2D eigenvalue weighted by atomic mass is 16.5. The maximum Gasteiger partial charge on any atom is 0.108 e. The Kier molecular flexibility index (Phi) is 5.62. The fourth-order valence-corrected chi connectivity index (χ4v) is 11.1. The van der Waals surface area contributed by atoms with Crippen LogP contribution >= 0.6 is 0 Å². The van der Waals surface area contributed by atoms with Crippen LogP contribution in [0.3, 0.4) is 0 Å². The van der Waals surface area contributed by atoms with E-state index in [4.69, 9.17) is 44.6 Å². The van der Waals surface area contributed by atoms with E-state index >= 15 is 0 Å². The van der Waals surface area contributed by atoms with Gasteiger partial charge in [0.05, 0.1) is 22.4 Å². The second kappa shape index (κ2) is 8.29. The lowest BCUT2D eigenvalue weighted by atomic mass is 9.32. The van der Waals surface area contributed by atoms with Gasteiger partial charge in [-0.2, -0.15) is 0 Å². The van der Waals surface area contributed by atoms with Crippen LogP contribution in [0.15, 0.2) is 0 Å². The van der Waals surface area contributed by atoms with Gasteiger partial charge in [0.1, 0.15) is 26.4 Å². The van der Waals surface area contributed by atoms with Crippen molar-refractivity contribution in [2.24, 2.45) is 22.7 Å². The Hall–Kier alpha value is -1.92. The van der Waals surface area contributed by atoms with Gasteiger partial charge in [0.2, 0.25) is 0 Å². The van der Waals surface area contributed by atoms with E-state index < -0.39 is 0 Å². The largest absolute Gasteiger partial charge is 0.362 e. The molecule has 4 heteroatoms. The highest BCUT2D eigenvalue weighted by Gasteiger charge is 2.76. The molecule has 4 nitrogen and oxygen atoms in total. The summed E-state index contributed by atoms with van der Waals surface area (Å²) in [7, 11) is 0. The van der Waals surface area contributed by atoms with Crippen molar-refractivity contribution in [1.82, 2.24) is 0 Å². The van der Waals surface area contributed by atoms with E-state index in [9.17, 15) is 0 Å². The first-order valence-corrected chi connectivity index (χ1v) is 13.6. The number of hydrogen-bond acceptors (Lipinski definition) is 4. The fourth-order valence-electron chi connectivity index (χ4n) is 11.1. The van der Waals surface area contributed by atoms with E-state index in [1.165, 1.54) is 19.3 Å². The molecule has 190 valence electrons. The van der Waals surface area contributed by atoms with Gasteiger partial charge in [-0.1, -0.05) is 23.7 Å². The summed E-state index contributed by atoms with van der Waals surface area (Å²) in [6.07, 6.45) is 35.3. The van der Waals surface area contributed by atoms with Gasteiger partial charge >= 0.3 is 0 Å². The zero-order valence-electron chi connectivity index (χ0n) is 21.4. The zero-order chi connectivity index (χ0) is 25.1. The molecule has 0 amide bonds. The summed E-state index contributed by atoms with van der Waals surface area (Å²) in [6.45, 7) is 1.27. The lowest BCUT2D eigenvalue weighted by molar-refractivity contribution is -0.345. The quantitative estimate of drug-likeness (QED) is 0.450. The van der Waals surface area contributed by atoms with Gasteiger partial charge in [-0.05, 0) is 80.5 Å². The topological polar surface area (TPSA) is 36.9 Å². The zero-order valence-corrected chi connectivity index (χ0v) is 21.4. The van der Waals surface area contributed by atoms with Crippen molar-refractivity contribution in [2.45, 2.75) is 99.5 Å².